The molecule has 1 amide bonds. The number of aliphatic hydroxyl groups excluding tert-OH is 1. The zero-order valence-electron chi connectivity index (χ0n) is 23.1. The maximum Gasteiger partial charge on any atom is 0.338 e. The Labute approximate surface area is 248 Å². The molecule has 1 fully saturated rings. The van der Waals surface area contributed by atoms with E-state index in [1.165, 1.54) is 18.7 Å². The number of thioether (sulfide) groups is 1. The number of nitrogens with one attached hydrogen (secondary N) is 1. The first kappa shape index (κ1) is 29.5. The van der Waals surface area contributed by atoms with E-state index < -0.39 is 12.3 Å². The SMILES string of the molecule is CC(=O)NCc1cccc(-c2ccc([C@@H]3O[C@H](CSc4ncccc4C(=O)O)C[C@H](c4ccc(CO)cc4)O3)cc2)c1. The molecule has 0 saturated carbocycles. The van der Waals surface area contributed by atoms with E-state index in [0.29, 0.717) is 23.7 Å². The number of pyridine rings is 1. The van der Waals surface area contributed by atoms with Crippen molar-refractivity contribution in [2.24, 2.45) is 0 Å². The lowest BCUT2D eigenvalue weighted by Crippen LogP contribution is -2.31. The first-order valence-electron chi connectivity index (χ1n) is 13.6. The fraction of sp³-hybridized carbons (Fsp3) is 0.242. The number of aromatic nitrogens is 1. The van der Waals surface area contributed by atoms with Gasteiger partial charge in [-0.15, -0.1) is 11.8 Å². The summed E-state index contributed by atoms with van der Waals surface area (Å²) in [6.45, 7) is 1.94. The Morgan fingerprint density at radius 2 is 1.69 bits per heavy atom. The van der Waals surface area contributed by atoms with Gasteiger partial charge in [-0.1, -0.05) is 66.7 Å². The first-order valence-corrected chi connectivity index (χ1v) is 14.6. The summed E-state index contributed by atoms with van der Waals surface area (Å²) in [6, 6.07) is 26.9. The summed E-state index contributed by atoms with van der Waals surface area (Å²) in [5.41, 5.74) is 5.91. The molecule has 42 heavy (non-hydrogen) atoms. The number of carbonyl (C=O) groups excluding carboxylic acids is 1. The van der Waals surface area contributed by atoms with Crippen molar-refractivity contribution < 1.29 is 29.3 Å². The molecule has 0 bridgehead atoms. The van der Waals surface area contributed by atoms with Crippen LogP contribution in [0.25, 0.3) is 11.1 Å². The van der Waals surface area contributed by atoms with Crippen molar-refractivity contribution in [2.45, 2.75) is 50.0 Å². The van der Waals surface area contributed by atoms with E-state index in [0.717, 1.165) is 33.4 Å². The predicted octanol–water partition coefficient (Wildman–Crippen LogP) is 5.91. The number of benzene rings is 3. The van der Waals surface area contributed by atoms with Gasteiger partial charge in [-0.05, 0) is 46.0 Å². The van der Waals surface area contributed by atoms with E-state index in [2.05, 4.69) is 16.4 Å². The molecular weight excluding hydrogens is 552 g/mol. The Bertz CT molecular complexity index is 1530. The molecule has 3 N–H and O–H groups in total. The second-order valence-corrected chi connectivity index (χ2v) is 11.1. The molecule has 0 spiro atoms. The molecule has 0 aliphatic carbocycles. The molecule has 1 aromatic heterocycles. The van der Waals surface area contributed by atoms with Crippen LogP contribution in [0, 0.1) is 0 Å². The van der Waals surface area contributed by atoms with Crippen LogP contribution in [0.15, 0.2) is 96.2 Å². The normalized spacial score (nSPS) is 18.4. The minimum atomic E-state index is -1.01. The fourth-order valence-corrected chi connectivity index (χ4v) is 5.79. The summed E-state index contributed by atoms with van der Waals surface area (Å²) in [5, 5.41) is 22.3. The summed E-state index contributed by atoms with van der Waals surface area (Å²) in [7, 11) is 0. The molecule has 1 aliphatic rings. The molecule has 4 aromatic rings. The number of amides is 1. The number of hydrogen-bond donors (Lipinski definition) is 3. The van der Waals surface area contributed by atoms with Gasteiger partial charge in [-0.2, -0.15) is 0 Å². The number of nitrogens with zero attached hydrogens (tertiary/aromatic N) is 1. The molecule has 1 aliphatic heterocycles. The standard InChI is InChI=1S/C33H32N2O6S/c1-21(37)35-18-23-4-2-5-27(16-23)24-11-13-26(14-12-24)33-40-28(20-42-31-29(32(38)39)6-3-15-34-31)17-30(41-33)25-9-7-22(19-36)8-10-25/h2-16,28,30,33,36H,17-20H2,1H3,(H,35,37)(H,38,39)/t28-,30+,33+/m0/s1. The minimum absolute atomic E-state index is 0.0325. The van der Waals surface area contributed by atoms with Crippen LogP contribution < -0.4 is 5.32 Å². The number of aromatic carboxylic acids is 1. The Morgan fingerprint density at radius 1 is 0.929 bits per heavy atom. The summed E-state index contributed by atoms with van der Waals surface area (Å²) in [4.78, 5) is 27.2. The Hall–Kier alpha value is -4.02. The molecule has 3 atom stereocenters. The van der Waals surface area contributed by atoms with Gasteiger partial charge in [0.05, 0.1) is 24.4 Å². The molecular formula is C33H32N2O6S. The number of aliphatic hydroxyl groups is 1. The third kappa shape index (κ3) is 7.43. The highest BCUT2D eigenvalue weighted by Crippen LogP contribution is 2.40. The van der Waals surface area contributed by atoms with Crippen molar-refractivity contribution >= 4 is 23.6 Å². The molecule has 8 nitrogen and oxygen atoms in total. The van der Waals surface area contributed by atoms with Crippen molar-refractivity contribution in [1.82, 2.24) is 10.3 Å². The van der Waals surface area contributed by atoms with Crippen molar-refractivity contribution in [1.29, 1.82) is 0 Å². The maximum atomic E-state index is 11.7. The Balaban J connectivity index is 1.35. The van der Waals surface area contributed by atoms with E-state index >= 15 is 0 Å². The number of carboxylic acids is 1. The van der Waals surface area contributed by atoms with E-state index in [9.17, 15) is 19.8 Å². The van der Waals surface area contributed by atoms with Crippen LogP contribution in [0.1, 0.15) is 58.4 Å². The van der Waals surface area contributed by atoms with Crippen LogP contribution in [0.2, 0.25) is 0 Å². The third-order valence-corrected chi connectivity index (χ3v) is 8.14. The van der Waals surface area contributed by atoms with Gasteiger partial charge < -0.3 is 25.0 Å². The highest BCUT2D eigenvalue weighted by molar-refractivity contribution is 7.99. The molecule has 9 heteroatoms. The molecule has 5 rings (SSSR count). The number of carboxylic acid groups (broad SMARTS) is 1. The lowest BCUT2D eigenvalue weighted by molar-refractivity contribution is -0.245. The van der Waals surface area contributed by atoms with Gasteiger partial charge in [0.25, 0.3) is 0 Å². The van der Waals surface area contributed by atoms with Crippen LogP contribution in [0.3, 0.4) is 0 Å². The van der Waals surface area contributed by atoms with Crippen LogP contribution >= 0.6 is 11.8 Å². The number of carbonyl (C=O) groups is 2. The number of hydrogen-bond acceptors (Lipinski definition) is 7. The molecule has 2 heterocycles. The fourth-order valence-electron chi connectivity index (χ4n) is 4.78. The van der Waals surface area contributed by atoms with Crippen molar-refractivity contribution in [3.63, 3.8) is 0 Å². The van der Waals surface area contributed by atoms with Crippen LogP contribution in [0.5, 0.6) is 0 Å². The average Bonchev–Trinajstić information content (AvgIpc) is 3.03. The molecule has 0 radical (unpaired) electrons. The van der Waals surface area contributed by atoms with Gasteiger partial charge >= 0.3 is 5.97 Å². The molecule has 216 valence electrons. The lowest BCUT2D eigenvalue weighted by atomic mass is 9.99. The summed E-state index contributed by atoms with van der Waals surface area (Å²) < 4.78 is 12.9. The van der Waals surface area contributed by atoms with Crippen LogP contribution in [0.4, 0.5) is 0 Å². The third-order valence-electron chi connectivity index (χ3n) is 7.01. The Kier molecular flexibility index (Phi) is 9.66. The monoisotopic (exact) mass is 584 g/mol. The van der Waals surface area contributed by atoms with Gasteiger partial charge in [-0.25, -0.2) is 9.78 Å². The van der Waals surface area contributed by atoms with Gasteiger partial charge in [-0.3, -0.25) is 4.79 Å². The largest absolute Gasteiger partial charge is 0.478 e. The number of ether oxygens (including phenoxy) is 2. The topological polar surface area (TPSA) is 118 Å². The highest BCUT2D eigenvalue weighted by atomic mass is 32.2. The average molecular weight is 585 g/mol. The van der Waals surface area contributed by atoms with E-state index in [4.69, 9.17) is 9.47 Å². The van der Waals surface area contributed by atoms with Gasteiger partial charge in [0.1, 0.15) is 5.03 Å². The quantitative estimate of drug-likeness (QED) is 0.197. The van der Waals surface area contributed by atoms with Crippen LogP contribution in [-0.4, -0.2) is 38.9 Å². The summed E-state index contributed by atoms with van der Waals surface area (Å²) in [6.07, 6.45) is 1.05. The van der Waals surface area contributed by atoms with Crippen molar-refractivity contribution in [3.05, 3.63) is 119 Å². The summed E-state index contributed by atoms with van der Waals surface area (Å²) >= 11 is 1.36. The van der Waals surface area contributed by atoms with Gasteiger partial charge in [0.15, 0.2) is 6.29 Å². The molecule has 3 aromatic carbocycles. The summed E-state index contributed by atoms with van der Waals surface area (Å²) in [5.74, 6) is -0.584. The zero-order valence-corrected chi connectivity index (χ0v) is 23.9. The predicted molar refractivity (Wildman–Crippen MR) is 160 cm³/mol. The van der Waals surface area contributed by atoms with Gasteiger partial charge in [0, 0.05) is 37.4 Å². The second kappa shape index (κ2) is 13.8. The molecule has 0 unspecified atom stereocenters. The van der Waals surface area contributed by atoms with Gasteiger partial charge in [0.2, 0.25) is 5.91 Å². The van der Waals surface area contributed by atoms with Crippen LogP contribution in [-0.2, 0) is 27.4 Å². The Morgan fingerprint density at radius 3 is 2.40 bits per heavy atom. The highest BCUT2D eigenvalue weighted by Gasteiger charge is 2.32. The maximum absolute atomic E-state index is 11.7. The molecule has 1 saturated heterocycles. The number of rotatable bonds is 10. The van der Waals surface area contributed by atoms with Crippen molar-refractivity contribution in [3.8, 4) is 11.1 Å². The lowest BCUT2D eigenvalue weighted by Gasteiger charge is -2.36. The smallest absolute Gasteiger partial charge is 0.338 e. The van der Waals surface area contributed by atoms with E-state index in [1.54, 1.807) is 18.3 Å². The minimum Gasteiger partial charge on any atom is -0.478 e. The first-order chi connectivity index (χ1) is 20.4. The van der Waals surface area contributed by atoms with E-state index in [-0.39, 0.29) is 30.3 Å². The zero-order chi connectivity index (χ0) is 29.5. The van der Waals surface area contributed by atoms with Crippen molar-refractivity contribution in [2.75, 3.05) is 5.75 Å². The second-order valence-electron chi connectivity index (χ2n) is 10.1. The van der Waals surface area contributed by atoms with E-state index in [1.807, 2.05) is 66.7 Å².